The highest BCUT2D eigenvalue weighted by Crippen LogP contribution is 2.29. The normalized spacial score (nSPS) is 12.0. The summed E-state index contributed by atoms with van der Waals surface area (Å²) < 4.78 is 25.4. The van der Waals surface area contributed by atoms with Crippen LogP contribution in [0.1, 0.15) is 0 Å². The lowest BCUT2D eigenvalue weighted by molar-refractivity contribution is 0.597. The highest BCUT2D eigenvalue weighted by molar-refractivity contribution is 7.89. The van der Waals surface area contributed by atoms with Crippen LogP contribution in [0.25, 0.3) is 27.4 Å². The zero-order valence-electron chi connectivity index (χ0n) is 12.0. The van der Waals surface area contributed by atoms with Crippen LogP contribution in [0.3, 0.4) is 0 Å². The Hall–Kier alpha value is -2.70. The van der Waals surface area contributed by atoms with Crippen LogP contribution in [-0.2, 0) is 10.0 Å². The summed E-state index contributed by atoms with van der Waals surface area (Å²) in [6, 6.07) is 18.5. The molecular formula is C17H13N3O2S. The number of para-hydroxylation sites is 1. The van der Waals surface area contributed by atoms with Crippen LogP contribution in [-0.4, -0.2) is 18.2 Å². The lowest BCUT2D eigenvalue weighted by Gasteiger charge is -2.10. The van der Waals surface area contributed by atoms with Crippen molar-refractivity contribution in [3.8, 4) is 5.69 Å². The molecule has 6 heteroatoms. The van der Waals surface area contributed by atoms with E-state index in [1.165, 1.54) is 6.07 Å². The third kappa shape index (κ3) is 2.19. The molecule has 0 unspecified atom stereocenters. The van der Waals surface area contributed by atoms with Crippen molar-refractivity contribution in [3.05, 3.63) is 66.9 Å². The predicted octanol–water partition coefficient (Wildman–Crippen LogP) is 2.83. The number of benzene rings is 3. The number of primary sulfonamides is 1. The van der Waals surface area contributed by atoms with E-state index < -0.39 is 10.0 Å². The van der Waals surface area contributed by atoms with Crippen LogP contribution in [0.15, 0.2) is 71.8 Å². The molecule has 0 radical (unpaired) electrons. The minimum atomic E-state index is -3.84. The first-order valence-electron chi connectivity index (χ1n) is 7.03. The van der Waals surface area contributed by atoms with Gasteiger partial charge in [-0.25, -0.2) is 18.2 Å². The van der Waals surface area contributed by atoms with E-state index in [1.54, 1.807) is 29.1 Å². The van der Waals surface area contributed by atoms with E-state index in [2.05, 4.69) is 5.10 Å². The number of nitrogens with zero attached hydrogens (tertiary/aromatic N) is 2. The van der Waals surface area contributed by atoms with Crippen molar-refractivity contribution in [3.63, 3.8) is 0 Å². The summed E-state index contributed by atoms with van der Waals surface area (Å²) in [5, 5.41) is 12.7. The van der Waals surface area contributed by atoms with E-state index >= 15 is 0 Å². The van der Waals surface area contributed by atoms with Gasteiger partial charge in [0.1, 0.15) is 4.90 Å². The molecule has 0 saturated carbocycles. The fourth-order valence-corrected chi connectivity index (χ4v) is 3.56. The summed E-state index contributed by atoms with van der Waals surface area (Å²) in [6.07, 6.45) is 1.72. The number of hydrogen-bond donors (Lipinski definition) is 1. The largest absolute Gasteiger partial charge is 0.240 e. The van der Waals surface area contributed by atoms with Crippen LogP contribution in [0.5, 0.6) is 0 Å². The second-order valence-electron chi connectivity index (χ2n) is 5.29. The second kappa shape index (κ2) is 4.91. The van der Waals surface area contributed by atoms with Crippen molar-refractivity contribution < 1.29 is 8.42 Å². The third-order valence-corrected chi connectivity index (χ3v) is 4.81. The summed E-state index contributed by atoms with van der Waals surface area (Å²) in [5.74, 6) is 0. The van der Waals surface area contributed by atoms with Gasteiger partial charge in [0.15, 0.2) is 0 Å². The van der Waals surface area contributed by atoms with Gasteiger partial charge >= 0.3 is 0 Å². The summed E-state index contributed by atoms with van der Waals surface area (Å²) in [6.45, 7) is 0. The first-order valence-corrected chi connectivity index (χ1v) is 8.58. The van der Waals surface area contributed by atoms with Crippen molar-refractivity contribution >= 4 is 31.7 Å². The van der Waals surface area contributed by atoms with Gasteiger partial charge in [0.2, 0.25) is 10.0 Å². The number of nitrogens with two attached hydrogens (primary N) is 1. The van der Waals surface area contributed by atoms with Gasteiger partial charge in [-0.2, -0.15) is 5.10 Å². The Kier molecular flexibility index (Phi) is 2.97. The van der Waals surface area contributed by atoms with Crippen molar-refractivity contribution in [1.29, 1.82) is 0 Å². The number of rotatable bonds is 2. The van der Waals surface area contributed by atoms with E-state index in [0.29, 0.717) is 5.69 Å². The lowest BCUT2D eigenvalue weighted by Crippen LogP contribution is -2.15. The van der Waals surface area contributed by atoms with E-state index in [9.17, 15) is 8.42 Å². The molecule has 0 amide bonds. The average molecular weight is 323 g/mol. The number of hydrogen-bond acceptors (Lipinski definition) is 3. The maximum Gasteiger partial charge on any atom is 0.240 e. The van der Waals surface area contributed by atoms with Gasteiger partial charge in [-0.15, -0.1) is 0 Å². The maximum absolute atomic E-state index is 11.9. The second-order valence-corrected chi connectivity index (χ2v) is 6.82. The fourth-order valence-electron chi connectivity index (χ4n) is 2.85. The van der Waals surface area contributed by atoms with Crippen molar-refractivity contribution in [2.24, 2.45) is 5.14 Å². The molecule has 114 valence electrons. The molecule has 3 aromatic carbocycles. The summed E-state index contributed by atoms with van der Waals surface area (Å²) in [5.41, 5.74) is 1.31. The lowest BCUT2D eigenvalue weighted by atomic mass is 10.1. The number of aromatic nitrogens is 2. The van der Waals surface area contributed by atoms with E-state index in [4.69, 9.17) is 5.14 Å². The predicted molar refractivity (Wildman–Crippen MR) is 89.9 cm³/mol. The van der Waals surface area contributed by atoms with Crippen LogP contribution < -0.4 is 5.14 Å². The zero-order valence-corrected chi connectivity index (χ0v) is 12.9. The van der Waals surface area contributed by atoms with Crippen LogP contribution in [0.4, 0.5) is 0 Å². The quantitative estimate of drug-likeness (QED) is 0.616. The molecule has 0 aliphatic rings. The number of fused-ring (bicyclic) bond motifs is 3. The standard InChI is InChI=1S/C17H13N3O2S/c18-23(21,22)16-8-4-3-7-15(16)20-17-13(11-19-20)10-9-12-5-1-2-6-14(12)17/h1-11H,(H2,18,21,22). The molecule has 23 heavy (non-hydrogen) atoms. The molecule has 2 N–H and O–H groups in total. The maximum atomic E-state index is 11.9. The first-order chi connectivity index (χ1) is 11.1. The fraction of sp³-hybridized carbons (Fsp3) is 0. The molecule has 0 aliphatic heterocycles. The molecule has 0 bridgehead atoms. The van der Waals surface area contributed by atoms with Gasteiger partial charge in [-0.05, 0) is 17.5 Å². The molecule has 0 aliphatic carbocycles. The molecule has 0 atom stereocenters. The molecule has 5 nitrogen and oxygen atoms in total. The molecule has 1 aromatic heterocycles. The Morgan fingerprint density at radius 3 is 2.39 bits per heavy atom. The Balaban J connectivity index is 2.15. The Morgan fingerprint density at radius 2 is 1.57 bits per heavy atom. The Morgan fingerprint density at radius 1 is 0.870 bits per heavy atom. The van der Waals surface area contributed by atoms with Crippen LogP contribution in [0, 0.1) is 0 Å². The zero-order chi connectivity index (χ0) is 16.0. The van der Waals surface area contributed by atoms with Crippen molar-refractivity contribution in [2.75, 3.05) is 0 Å². The van der Waals surface area contributed by atoms with Gasteiger partial charge in [-0.3, -0.25) is 0 Å². The smallest absolute Gasteiger partial charge is 0.231 e. The van der Waals surface area contributed by atoms with E-state index in [-0.39, 0.29) is 4.90 Å². The van der Waals surface area contributed by atoms with Crippen LogP contribution in [0.2, 0.25) is 0 Å². The minimum Gasteiger partial charge on any atom is -0.231 e. The summed E-state index contributed by atoms with van der Waals surface area (Å²) >= 11 is 0. The molecule has 0 spiro atoms. The Labute approximate surface area is 133 Å². The molecule has 4 aromatic rings. The van der Waals surface area contributed by atoms with Gasteiger partial charge in [0.25, 0.3) is 0 Å². The minimum absolute atomic E-state index is 0.0536. The van der Waals surface area contributed by atoms with Crippen molar-refractivity contribution in [1.82, 2.24) is 9.78 Å². The summed E-state index contributed by atoms with van der Waals surface area (Å²) in [4.78, 5) is 0.0536. The first kappa shape index (κ1) is 13.9. The molecule has 0 fully saturated rings. The molecule has 4 rings (SSSR count). The topological polar surface area (TPSA) is 78.0 Å². The summed E-state index contributed by atoms with van der Waals surface area (Å²) in [7, 11) is -3.84. The molecular weight excluding hydrogens is 310 g/mol. The third-order valence-electron chi connectivity index (χ3n) is 3.86. The Bertz CT molecular complexity index is 1150. The van der Waals surface area contributed by atoms with E-state index in [1.807, 2.05) is 36.4 Å². The SMILES string of the molecule is NS(=O)(=O)c1ccccc1-n1ncc2ccc3ccccc3c21. The average Bonchev–Trinajstić information content (AvgIpc) is 2.98. The molecule has 1 heterocycles. The van der Waals surface area contributed by atoms with Gasteiger partial charge in [-0.1, -0.05) is 48.5 Å². The monoisotopic (exact) mass is 323 g/mol. The highest BCUT2D eigenvalue weighted by Gasteiger charge is 2.17. The molecule has 0 saturated heterocycles. The highest BCUT2D eigenvalue weighted by atomic mass is 32.2. The van der Waals surface area contributed by atoms with Gasteiger partial charge in [0.05, 0.1) is 17.4 Å². The van der Waals surface area contributed by atoms with Gasteiger partial charge < -0.3 is 0 Å². The van der Waals surface area contributed by atoms with Crippen molar-refractivity contribution in [2.45, 2.75) is 4.90 Å². The van der Waals surface area contributed by atoms with E-state index in [0.717, 1.165) is 21.7 Å². The number of sulfonamides is 1. The van der Waals surface area contributed by atoms with Gasteiger partial charge in [0, 0.05) is 10.8 Å². The van der Waals surface area contributed by atoms with Crippen LogP contribution >= 0.6 is 0 Å².